The van der Waals surface area contributed by atoms with Crippen molar-refractivity contribution in [1.82, 2.24) is 21.3 Å². The van der Waals surface area contributed by atoms with E-state index in [0.717, 1.165) is 11.1 Å². The van der Waals surface area contributed by atoms with E-state index in [9.17, 15) is 33.6 Å². The third-order valence-electron chi connectivity index (χ3n) is 12.4. The van der Waals surface area contributed by atoms with Gasteiger partial charge in [0.2, 0.25) is 23.6 Å². The Balaban J connectivity index is 1.18. The van der Waals surface area contributed by atoms with Gasteiger partial charge in [-0.2, -0.15) is 0 Å². The normalized spacial score (nSPS) is 22.2. The van der Waals surface area contributed by atoms with Crippen LogP contribution in [0, 0.1) is 23.2 Å². The maximum atomic E-state index is 13.9. The van der Waals surface area contributed by atoms with Gasteiger partial charge in [-0.1, -0.05) is 94.8 Å². The molecule has 72 heavy (non-hydrogen) atoms. The van der Waals surface area contributed by atoms with E-state index in [0.29, 0.717) is 27.6 Å². The van der Waals surface area contributed by atoms with Crippen LogP contribution < -0.4 is 37.1 Å². The molecule has 0 bridgehead atoms. The molecule has 2 aliphatic rings. The number of halogens is 1. The summed E-state index contributed by atoms with van der Waals surface area (Å²) in [6.45, 7) is 14.1. The van der Waals surface area contributed by atoms with Crippen molar-refractivity contribution in [2.45, 2.75) is 130 Å². The second-order valence-corrected chi connectivity index (χ2v) is 20.1. The Kier molecular flexibility index (Phi) is 20.2. The van der Waals surface area contributed by atoms with Crippen molar-refractivity contribution >= 4 is 58.9 Å². The number of cyclic esters (lactones) is 2. The first kappa shape index (κ1) is 56.4. The molecule has 5 amide bonds. The molecule has 390 valence electrons. The van der Waals surface area contributed by atoms with E-state index in [1.165, 1.54) is 13.2 Å². The van der Waals surface area contributed by atoms with Crippen LogP contribution in [0.3, 0.4) is 0 Å². The van der Waals surface area contributed by atoms with E-state index in [4.69, 9.17) is 41.0 Å². The number of esters is 2. The van der Waals surface area contributed by atoms with E-state index in [2.05, 4.69) is 26.6 Å². The summed E-state index contributed by atoms with van der Waals surface area (Å²) in [6.07, 6.45) is -0.137. The molecule has 19 heteroatoms. The zero-order valence-electron chi connectivity index (χ0n) is 42.4. The van der Waals surface area contributed by atoms with Crippen LogP contribution in [0.5, 0.6) is 5.75 Å². The van der Waals surface area contributed by atoms with Gasteiger partial charge in [0.25, 0.3) is 0 Å². The summed E-state index contributed by atoms with van der Waals surface area (Å²) in [5.41, 5.74) is 8.12. The van der Waals surface area contributed by atoms with Gasteiger partial charge in [-0.15, -0.1) is 0 Å². The lowest BCUT2D eigenvalue weighted by Crippen LogP contribution is -2.51. The molecular weight excluding hydrogens is 948 g/mol. The molecule has 3 aromatic rings. The van der Waals surface area contributed by atoms with E-state index >= 15 is 0 Å². The number of alkyl carbamates (subject to hydrolysis) is 1. The summed E-state index contributed by atoms with van der Waals surface area (Å²) in [5.74, 6) is -3.40. The van der Waals surface area contributed by atoms with Crippen molar-refractivity contribution in [3.05, 3.63) is 106 Å². The molecule has 5 rings (SSSR count). The number of methoxy groups -OCH3 is 1. The molecular formula is C53H69ClN6O12. The number of rotatable bonds is 17. The standard InChI is InChI=1S/C53H69ClN6O12/c1-29(2)23-42-50(65)70-40(11-10-12-43(61)60-39(25-35-17-22-41(68-9)38(54)24-35)48(63)57-28-53(7,8)51(66)71-42)31(5)45-46(72-45)36-18-13-33(14-19-36)26-56-52(67)69-27-34-15-20-37(21-16-34)59-47(62)32(6)58-49(64)44(55)30(3)4/h10,12-22,24,29-32,39-40,42,44-46H,11,23,25-28,55H2,1-9H3,(H,56,67)(H,57,63)(H,58,64)(H,59,62)(H,60,61)/b12-10+/t31-,32-,39?,40-,42-,44-,45+,46+/m0/s1. The highest BCUT2D eigenvalue weighted by molar-refractivity contribution is 6.32. The number of nitrogens with two attached hydrogens (primary N) is 1. The van der Waals surface area contributed by atoms with Crippen LogP contribution in [0.15, 0.2) is 78.9 Å². The largest absolute Gasteiger partial charge is 0.495 e. The number of ether oxygens (including phenoxy) is 5. The molecule has 1 saturated heterocycles. The predicted octanol–water partition coefficient (Wildman–Crippen LogP) is 5.98. The number of benzene rings is 3. The van der Waals surface area contributed by atoms with Crippen LogP contribution in [-0.4, -0.2) is 91.8 Å². The van der Waals surface area contributed by atoms with Crippen LogP contribution >= 0.6 is 11.6 Å². The minimum absolute atomic E-state index is 0.0151. The number of hydrogen-bond acceptors (Lipinski definition) is 13. The van der Waals surface area contributed by atoms with Gasteiger partial charge in [-0.05, 0) is 91.6 Å². The highest BCUT2D eigenvalue weighted by atomic mass is 35.5. The minimum atomic E-state index is -1.26. The van der Waals surface area contributed by atoms with Gasteiger partial charge >= 0.3 is 18.0 Å². The number of carbonyl (C=O) groups is 7. The lowest BCUT2D eigenvalue weighted by atomic mass is 9.92. The Hall–Kier alpha value is -6.50. The zero-order chi connectivity index (χ0) is 52.9. The zero-order valence-corrected chi connectivity index (χ0v) is 43.1. The molecule has 2 heterocycles. The molecule has 0 aliphatic carbocycles. The number of carbonyl (C=O) groups excluding carboxylic acids is 7. The Morgan fingerprint density at radius 1 is 0.889 bits per heavy atom. The monoisotopic (exact) mass is 1020 g/mol. The summed E-state index contributed by atoms with van der Waals surface area (Å²) in [7, 11) is 1.49. The molecule has 18 nitrogen and oxygen atoms in total. The summed E-state index contributed by atoms with van der Waals surface area (Å²) in [4.78, 5) is 92.0. The van der Waals surface area contributed by atoms with Crippen LogP contribution in [0.1, 0.15) is 96.6 Å². The molecule has 3 aromatic carbocycles. The fourth-order valence-electron chi connectivity index (χ4n) is 7.63. The van der Waals surface area contributed by atoms with Crippen molar-refractivity contribution in [1.29, 1.82) is 0 Å². The van der Waals surface area contributed by atoms with Crippen LogP contribution in [0.2, 0.25) is 5.02 Å². The topological polar surface area (TPSA) is 255 Å². The van der Waals surface area contributed by atoms with Crippen molar-refractivity contribution in [2.75, 3.05) is 19.0 Å². The van der Waals surface area contributed by atoms with Crippen molar-refractivity contribution < 1.29 is 57.2 Å². The number of hydrogen-bond donors (Lipinski definition) is 6. The van der Waals surface area contributed by atoms with E-state index in [1.807, 2.05) is 58.9 Å². The smallest absolute Gasteiger partial charge is 0.407 e. The molecule has 7 N–H and O–H groups in total. The fourth-order valence-corrected chi connectivity index (χ4v) is 7.91. The highest BCUT2D eigenvalue weighted by Gasteiger charge is 2.48. The third kappa shape index (κ3) is 16.5. The van der Waals surface area contributed by atoms with Crippen LogP contribution in [0.25, 0.3) is 0 Å². The minimum Gasteiger partial charge on any atom is -0.495 e. The molecule has 8 atom stereocenters. The van der Waals surface area contributed by atoms with Crippen LogP contribution in [-0.2, 0) is 67.3 Å². The maximum Gasteiger partial charge on any atom is 0.407 e. The Bertz CT molecular complexity index is 2430. The van der Waals surface area contributed by atoms with E-state index in [1.54, 1.807) is 69.3 Å². The quantitative estimate of drug-likeness (QED) is 0.0518. The molecule has 0 radical (unpaired) electrons. The second kappa shape index (κ2) is 25.7. The Morgan fingerprint density at radius 3 is 2.19 bits per heavy atom. The molecule has 2 aliphatic heterocycles. The van der Waals surface area contributed by atoms with Gasteiger partial charge in [0.05, 0.1) is 29.7 Å². The Labute approximate surface area is 426 Å². The fraction of sp³-hybridized carbons (Fsp3) is 0.491. The van der Waals surface area contributed by atoms with Gasteiger partial charge in [0.1, 0.15) is 36.6 Å². The number of amides is 5. The summed E-state index contributed by atoms with van der Waals surface area (Å²) in [6, 6.07) is 16.7. The van der Waals surface area contributed by atoms with Gasteiger partial charge in [0.15, 0.2) is 6.10 Å². The number of epoxide rings is 1. The molecule has 0 saturated carbocycles. The third-order valence-corrected chi connectivity index (χ3v) is 12.7. The predicted molar refractivity (Wildman–Crippen MR) is 269 cm³/mol. The van der Waals surface area contributed by atoms with Crippen molar-refractivity contribution in [3.8, 4) is 5.75 Å². The average molecular weight is 1020 g/mol. The van der Waals surface area contributed by atoms with Gasteiger partial charge in [-0.25, -0.2) is 9.59 Å². The number of nitrogens with one attached hydrogen (secondary N) is 5. The Morgan fingerprint density at radius 2 is 1.56 bits per heavy atom. The molecule has 1 unspecified atom stereocenters. The molecule has 0 aromatic heterocycles. The first-order valence-corrected chi connectivity index (χ1v) is 24.5. The van der Waals surface area contributed by atoms with Gasteiger partial charge in [-0.3, -0.25) is 24.0 Å². The summed E-state index contributed by atoms with van der Waals surface area (Å²) >= 11 is 6.37. The maximum absolute atomic E-state index is 13.9. The first-order valence-electron chi connectivity index (χ1n) is 24.1. The molecule has 0 spiro atoms. The van der Waals surface area contributed by atoms with Gasteiger partial charge in [0, 0.05) is 37.5 Å². The average Bonchev–Trinajstić information content (AvgIpc) is 4.14. The number of anilines is 1. The van der Waals surface area contributed by atoms with E-state index in [-0.39, 0.29) is 68.9 Å². The van der Waals surface area contributed by atoms with Crippen LogP contribution in [0.4, 0.5) is 10.5 Å². The second-order valence-electron chi connectivity index (χ2n) is 19.7. The van der Waals surface area contributed by atoms with E-state index < -0.39 is 77.4 Å². The highest BCUT2D eigenvalue weighted by Crippen LogP contribution is 2.45. The van der Waals surface area contributed by atoms with Gasteiger partial charge < -0.3 is 56.0 Å². The SMILES string of the molecule is COc1ccc(CC2NC(=O)/C=C/C[C@@H]([C@H](C)[C@H]3O[C@@H]3c3ccc(CNC(=O)OCc4ccc(NC(=O)[C@H](C)NC(=O)[C@@H](N)C(C)C)cc4)cc3)OC(=O)[C@H](CC(C)C)OC(=O)C(C)(C)CNC2=O)cc1Cl. The van der Waals surface area contributed by atoms with Crippen molar-refractivity contribution in [2.24, 2.45) is 28.9 Å². The van der Waals surface area contributed by atoms with Crippen molar-refractivity contribution in [3.63, 3.8) is 0 Å². The lowest BCUT2D eigenvalue weighted by Gasteiger charge is -2.29. The lowest BCUT2D eigenvalue weighted by molar-refractivity contribution is -0.179. The molecule has 1 fully saturated rings. The summed E-state index contributed by atoms with van der Waals surface area (Å²) in [5, 5.41) is 14.0. The first-order chi connectivity index (χ1) is 34.0. The summed E-state index contributed by atoms with van der Waals surface area (Å²) < 4.78 is 28.8.